The second-order valence-corrected chi connectivity index (χ2v) is 6.01. The Morgan fingerprint density at radius 3 is 2.87 bits per heavy atom. The minimum absolute atomic E-state index is 0.543. The van der Waals surface area contributed by atoms with E-state index in [4.69, 9.17) is 0 Å². The third kappa shape index (κ3) is 2.80. The molecule has 15 heavy (non-hydrogen) atoms. The van der Waals surface area contributed by atoms with Crippen LogP contribution in [0.1, 0.15) is 18.7 Å². The van der Waals surface area contributed by atoms with Crippen molar-refractivity contribution in [3.8, 4) is 0 Å². The first kappa shape index (κ1) is 11.1. The van der Waals surface area contributed by atoms with E-state index in [1.54, 1.807) is 0 Å². The average molecular weight is 284 g/mol. The van der Waals surface area contributed by atoms with Crippen LogP contribution in [0.5, 0.6) is 0 Å². The molecule has 0 atom stereocenters. The quantitative estimate of drug-likeness (QED) is 0.892. The Balaban J connectivity index is 2.23. The van der Waals surface area contributed by atoms with E-state index in [0.717, 1.165) is 11.0 Å². The van der Waals surface area contributed by atoms with Crippen LogP contribution in [0.4, 0.5) is 0 Å². The van der Waals surface area contributed by atoms with Crippen molar-refractivity contribution in [3.63, 3.8) is 0 Å². The normalized spacial score (nSPS) is 11.5. The number of hydrogen-bond donors (Lipinski definition) is 1. The predicted octanol–water partition coefficient (Wildman–Crippen LogP) is 4.16. The number of thiophene rings is 1. The summed E-state index contributed by atoms with van der Waals surface area (Å²) in [5, 5.41) is 4.77. The fourth-order valence-electron chi connectivity index (χ4n) is 1.45. The molecule has 0 bridgehead atoms. The van der Waals surface area contributed by atoms with Gasteiger partial charge in [-0.1, -0.05) is 35.8 Å². The highest BCUT2D eigenvalue weighted by Gasteiger charge is 2.02. The molecule has 1 aromatic heterocycles. The number of hydrogen-bond acceptors (Lipinski definition) is 2. The molecule has 2 rings (SSSR count). The van der Waals surface area contributed by atoms with Crippen LogP contribution in [0, 0.1) is 0 Å². The van der Waals surface area contributed by atoms with Gasteiger partial charge in [0.05, 0.1) is 0 Å². The first-order valence-corrected chi connectivity index (χ1v) is 6.67. The molecule has 3 heteroatoms. The second-order valence-electron chi connectivity index (χ2n) is 3.93. The maximum absolute atomic E-state index is 3.49. The Kier molecular flexibility index (Phi) is 3.44. The lowest BCUT2D eigenvalue weighted by molar-refractivity contribution is 0.593. The van der Waals surface area contributed by atoms with E-state index in [1.807, 2.05) is 11.3 Å². The number of halogens is 1. The van der Waals surface area contributed by atoms with Gasteiger partial charge in [0.2, 0.25) is 0 Å². The van der Waals surface area contributed by atoms with Crippen LogP contribution in [-0.4, -0.2) is 6.04 Å². The molecule has 0 aliphatic heterocycles. The monoisotopic (exact) mass is 283 g/mol. The Morgan fingerprint density at radius 2 is 2.13 bits per heavy atom. The van der Waals surface area contributed by atoms with Gasteiger partial charge in [0, 0.05) is 26.6 Å². The van der Waals surface area contributed by atoms with Crippen molar-refractivity contribution in [2.24, 2.45) is 0 Å². The van der Waals surface area contributed by atoms with Gasteiger partial charge < -0.3 is 5.32 Å². The molecule has 0 spiro atoms. The number of nitrogens with one attached hydrogen (secondary N) is 1. The van der Waals surface area contributed by atoms with Crippen molar-refractivity contribution in [2.45, 2.75) is 26.4 Å². The fourth-order valence-corrected chi connectivity index (χ4v) is 3.02. The van der Waals surface area contributed by atoms with E-state index in [9.17, 15) is 0 Å². The Bertz CT molecular complexity index is 462. The predicted molar refractivity (Wildman–Crippen MR) is 71.5 cm³/mol. The second kappa shape index (κ2) is 4.64. The maximum Gasteiger partial charge on any atom is 0.0357 e. The van der Waals surface area contributed by atoms with Crippen LogP contribution in [0.25, 0.3) is 10.1 Å². The SMILES string of the molecule is CC(C)NCc1cc2ccc(Br)cc2s1. The lowest BCUT2D eigenvalue weighted by atomic mass is 10.2. The Labute approximate surface area is 103 Å². The molecule has 1 aromatic carbocycles. The van der Waals surface area contributed by atoms with Crippen molar-refractivity contribution in [1.82, 2.24) is 5.32 Å². The van der Waals surface area contributed by atoms with Crippen LogP contribution < -0.4 is 5.32 Å². The fraction of sp³-hybridized carbons (Fsp3) is 0.333. The summed E-state index contributed by atoms with van der Waals surface area (Å²) in [5.41, 5.74) is 0. The number of fused-ring (bicyclic) bond motifs is 1. The van der Waals surface area contributed by atoms with Crippen LogP contribution in [-0.2, 0) is 6.54 Å². The molecule has 2 aromatic rings. The van der Waals surface area contributed by atoms with Gasteiger partial charge in [0.1, 0.15) is 0 Å². The summed E-state index contributed by atoms with van der Waals surface area (Å²) in [6, 6.07) is 9.24. The van der Waals surface area contributed by atoms with E-state index in [-0.39, 0.29) is 0 Å². The smallest absolute Gasteiger partial charge is 0.0357 e. The van der Waals surface area contributed by atoms with Crippen LogP contribution in [0.15, 0.2) is 28.7 Å². The van der Waals surface area contributed by atoms with Crippen molar-refractivity contribution < 1.29 is 0 Å². The van der Waals surface area contributed by atoms with Crippen molar-refractivity contribution >= 4 is 37.4 Å². The topological polar surface area (TPSA) is 12.0 Å². The molecule has 1 nitrogen and oxygen atoms in total. The minimum Gasteiger partial charge on any atom is -0.310 e. The zero-order valence-electron chi connectivity index (χ0n) is 8.88. The first-order chi connectivity index (χ1) is 7.15. The molecule has 0 fully saturated rings. The highest BCUT2D eigenvalue weighted by Crippen LogP contribution is 2.28. The van der Waals surface area contributed by atoms with Gasteiger partial charge in [-0.3, -0.25) is 0 Å². The summed E-state index contributed by atoms with van der Waals surface area (Å²) in [4.78, 5) is 1.40. The summed E-state index contributed by atoms with van der Waals surface area (Å²) < 4.78 is 2.50. The molecule has 80 valence electrons. The number of rotatable bonds is 3. The van der Waals surface area contributed by atoms with Gasteiger partial charge in [-0.2, -0.15) is 0 Å². The highest BCUT2D eigenvalue weighted by atomic mass is 79.9. The highest BCUT2D eigenvalue weighted by molar-refractivity contribution is 9.10. The molecular weight excluding hydrogens is 270 g/mol. The van der Waals surface area contributed by atoms with Crippen molar-refractivity contribution in [3.05, 3.63) is 33.6 Å². The van der Waals surface area contributed by atoms with Gasteiger partial charge in [-0.05, 0) is 23.6 Å². The van der Waals surface area contributed by atoms with Gasteiger partial charge >= 0.3 is 0 Å². The largest absolute Gasteiger partial charge is 0.310 e. The van der Waals surface area contributed by atoms with Crippen LogP contribution in [0.3, 0.4) is 0 Å². The lowest BCUT2D eigenvalue weighted by Crippen LogP contribution is -2.21. The molecular formula is C12H14BrNS. The average Bonchev–Trinajstić information content (AvgIpc) is 2.56. The Morgan fingerprint density at radius 1 is 1.33 bits per heavy atom. The zero-order chi connectivity index (χ0) is 10.8. The molecule has 0 unspecified atom stereocenters. The summed E-state index contributed by atoms with van der Waals surface area (Å²) in [6.45, 7) is 5.31. The van der Waals surface area contributed by atoms with Crippen LogP contribution >= 0.6 is 27.3 Å². The van der Waals surface area contributed by atoms with Gasteiger partial charge in [-0.15, -0.1) is 11.3 Å². The summed E-state index contributed by atoms with van der Waals surface area (Å²) >= 11 is 5.36. The van der Waals surface area contributed by atoms with E-state index in [0.29, 0.717) is 6.04 Å². The molecule has 1 heterocycles. The summed E-state index contributed by atoms with van der Waals surface area (Å²) in [5.74, 6) is 0. The van der Waals surface area contributed by atoms with Gasteiger partial charge in [0.15, 0.2) is 0 Å². The molecule has 0 saturated carbocycles. The molecule has 0 radical (unpaired) electrons. The van der Waals surface area contributed by atoms with E-state index >= 15 is 0 Å². The lowest BCUT2D eigenvalue weighted by Gasteiger charge is -2.04. The maximum atomic E-state index is 3.49. The summed E-state index contributed by atoms with van der Waals surface area (Å²) in [6.07, 6.45) is 0. The van der Waals surface area contributed by atoms with E-state index in [2.05, 4.69) is 59.4 Å². The van der Waals surface area contributed by atoms with Gasteiger partial charge in [-0.25, -0.2) is 0 Å². The summed E-state index contributed by atoms with van der Waals surface area (Å²) in [7, 11) is 0. The standard InChI is InChI=1S/C12H14BrNS/c1-8(2)14-7-11-5-9-3-4-10(13)6-12(9)15-11/h3-6,8,14H,7H2,1-2H3. The first-order valence-electron chi connectivity index (χ1n) is 5.06. The van der Waals surface area contributed by atoms with Crippen LogP contribution in [0.2, 0.25) is 0 Å². The minimum atomic E-state index is 0.543. The molecule has 0 aliphatic carbocycles. The van der Waals surface area contributed by atoms with Crippen molar-refractivity contribution in [1.29, 1.82) is 0 Å². The third-order valence-corrected chi connectivity index (χ3v) is 3.81. The van der Waals surface area contributed by atoms with Gasteiger partial charge in [0.25, 0.3) is 0 Å². The van der Waals surface area contributed by atoms with Crippen molar-refractivity contribution in [2.75, 3.05) is 0 Å². The molecule has 0 saturated heterocycles. The zero-order valence-corrected chi connectivity index (χ0v) is 11.3. The number of benzene rings is 1. The van der Waals surface area contributed by atoms with E-state index < -0.39 is 0 Å². The van der Waals surface area contributed by atoms with E-state index in [1.165, 1.54) is 15.0 Å². The third-order valence-electron chi connectivity index (χ3n) is 2.22. The molecule has 0 amide bonds. The molecule has 1 N–H and O–H groups in total. The molecule has 0 aliphatic rings. The Hall–Kier alpha value is -0.380.